The Bertz CT molecular complexity index is 1820. The number of aromatic nitrogens is 6. The van der Waals surface area contributed by atoms with Crippen molar-refractivity contribution in [2.24, 2.45) is 14.1 Å². The third kappa shape index (κ3) is 4.30. The first kappa shape index (κ1) is 25.5. The van der Waals surface area contributed by atoms with Crippen molar-refractivity contribution in [1.29, 1.82) is 0 Å². The molecule has 2 aromatic carbocycles. The zero-order chi connectivity index (χ0) is 27.3. The summed E-state index contributed by atoms with van der Waals surface area (Å²) in [6, 6.07) is 9.94. The molecule has 0 spiro atoms. The molecule has 0 unspecified atom stereocenters. The van der Waals surface area contributed by atoms with E-state index in [1.165, 1.54) is 23.7 Å². The average molecular weight is 536 g/mol. The maximum Gasteiger partial charge on any atom is 0.332 e. The Morgan fingerprint density at radius 1 is 1.00 bits per heavy atom. The lowest BCUT2D eigenvalue weighted by Gasteiger charge is -2.12. The van der Waals surface area contributed by atoms with E-state index in [-0.39, 0.29) is 29.5 Å². The molecule has 0 aliphatic carbocycles. The van der Waals surface area contributed by atoms with Gasteiger partial charge in [0.2, 0.25) is 11.7 Å². The number of amides is 1. The van der Waals surface area contributed by atoms with Crippen LogP contribution in [-0.2, 0) is 25.4 Å². The normalized spacial score (nSPS) is 11.5. The molecular formula is C26H26FN7O3S. The van der Waals surface area contributed by atoms with Crippen LogP contribution in [-0.4, -0.2) is 40.0 Å². The molecule has 3 heterocycles. The summed E-state index contributed by atoms with van der Waals surface area (Å²) in [6.45, 7) is 6.10. The molecule has 3 aromatic heterocycles. The molecule has 38 heavy (non-hydrogen) atoms. The van der Waals surface area contributed by atoms with E-state index in [0.717, 1.165) is 44.3 Å². The predicted molar refractivity (Wildman–Crippen MR) is 144 cm³/mol. The number of anilines is 1. The van der Waals surface area contributed by atoms with Gasteiger partial charge in [-0.1, -0.05) is 41.6 Å². The molecule has 5 rings (SSSR count). The Kier molecular flexibility index (Phi) is 6.43. The smallest absolute Gasteiger partial charge is 0.325 e. The summed E-state index contributed by atoms with van der Waals surface area (Å²) >= 11 is 1.15. The highest BCUT2D eigenvalue weighted by Crippen LogP contribution is 2.26. The van der Waals surface area contributed by atoms with Crippen LogP contribution in [0.5, 0.6) is 0 Å². The van der Waals surface area contributed by atoms with Gasteiger partial charge in [0.15, 0.2) is 16.3 Å². The first-order chi connectivity index (χ1) is 18.1. The van der Waals surface area contributed by atoms with Crippen LogP contribution in [0.4, 0.5) is 10.1 Å². The van der Waals surface area contributed by atoms with E-state index in [1.54, 1.807) is 28.1 Å². The lowest BCUT2D eigenvalue weighted by molar-refractivity contribution is -0.113. The van der Waals surface area contributed by atoms with Crippen LogP contribution in [0.3, 0.4) is 0 Å². The number of hydrogen-bond acceptors (Lipinski definition) is 6. The second-order valence-electron chi connectivity index (χ2n) is 9.32. The highest BCUT2D eigenvalue weighted by Gasteiger charge is 2.24. The highest BCUT2D eigenvalue weighted by molar-refractivity contribution is 7.99. The van der Waals surface area contributed by atoms with Crippen LogP contribution in [0.1, 0.15) is 22.3 Å². The summed E-state index contributed by atoms with van der Waals surface area (Å²) in [5, 5.41) is 11.9. The Morgan fingerprint density at radius 2 is 1.66 bits per heavy atom. The number of rotatable bonds is 6. The number of halogens is 1. The van der Waals surface area contributed by atoms with Gasteiger partial charge in [0.1, 0.15) is 5.82 Å². The lowest BCUT2D eigenvalue weighted by Crippen LogP contribution is -2.37. The Labute approximate surface area is 220 Å². The molecule has 0 bridgehead atoms. The van der Waals surface area contributed by atoms with Gasteiger partial charge in [-0.3, -0.25) is 23.3 Å². The van der Waals surface area contributed by atoms with Gasteiger partial charge in [0.25, 0.3) is 5.56 Å². The number of carbonyl (C=O) groups is 1. The minimum atomic E-state index is -0.504. The summed E-state index contributed by atoms with van der Waals surface area (Å²) < 4.78 is 19.1. The third-order valence-electron chi connectivity index (χ3n) is 6.48. The van der Waals surface area contributed by atoms with Crippen molar-refractivity contribution in [3.8, 4) is 0 Å². The lowest BCUT2D eigenvalue weighted by atomic mass is 10.1. The van der Waals surface area contributed by atoms with Crippen molar-refractivity contribution in [3.05, 3.63) is 85.3 Å². The molecule has 1 amide bonds. The van der Waals surface area contributed by atoms with Gasteiger partial charge in [-0.2, -0.15) is 0 Å². The number of benzene rings is 2. The maximum absolute atomic E-state index is 13.5. The van der Waals surface area contributed by atoms with E-state index in [9.17, 15) is 18.8 Å². The van der Waals surface area contributed by atoms with Gasteiger partial charge in [-0.05, 0) is 49.6 Å². The van der Waals surface area contributed by atoms with E-state index in [0.29, 0.717) is 16.6 Å². The summed E-state index contributed by atoms with van der Waals surface area (Å²) in [7, 11) is 2.98. The fraction of sp³-hybridized carbons (Fsp3) is 0.269. The van der Waals surface area contributed by atoms with Crippen LogP contribution >= 0.6 is 11.8 Å². The number of nitrogens with zero attached hydrogens (tertiary/aromatic N) is 6. The largest absolute Gasteiger partial charge is 0.332 e. The second-order valence-corrected chi connectivity index (χ2v) is 10.3. The molecule has 0 saturated heterocycles. The van der Waals surface area contributed by atoms with Crippen molar-refractivity contribution in [3.63, 3.8) is 0 Å². The van der Waals surface area contributed by atoms with Crippen molar-refractivity contribution >= 4 is 40.3 Å². The third-order valence-corrected chi connectivity index (χ3v) is 7.41. The number of aryl methyl sites for hydroxylation is 4. The molecule has 0 aliphatic rings. The maximum atomic E-state index is 13.5. The van der Waals surface area contributed by atoms with Gasteiger partial charge in [0.05, 0.1) is 12.3 Å². The minimum Gasteiger partial charge on any atom is -0.325 e. The average Bonchev–Trinajstić information content (AvgIpc) is 3.42. The van der Waals surface area contributed by atoms with Crippen LogP contribution in [0.25, 0.3) is 16.9 Å². The molecule has 5 aromatic rings. The quantitative estimate of drug-likeness (QED) is 0.335. The van der Waals surface area contributed by atoms with Crippen molar-refractivity contribution in [2.75, 3.05) is 11.1 Å². The summed E-state index contributed by atoms with van der Waals surface area (Å²) in [5.74, 6) is -0.223. The summed E-state index contributed by atoms with van der Waals surface area (Å²) in [6.07, 6.45) is 0. The van der Waals surface area contributed by atoms with Gasteiger partial charge >= 0.3 is 5.69 Å². The van der Waals surface area contributed by atoms with Crippen LogP contribution in [0, 0.1) is 26.6 Å². The molecule has 0 aliphatic heterocycles. The van der Waals surface area contributed by atoms with Gasteiger partial charge in [-0.15, -0.1) is 10.2 Å². The highest BCUT2D eigenvalue weighted by atomic mass is 32.2. The molecule has 1 N–H and O–H groups in total. The summed E-state index contributed by atoms with van der Waals surface area (Å²) in [5.41, 5.74) is 4.14. The van der Waals surface area contributed by atoms with E-state index < -0.39 is 11.2 Å². The zero-order valence-corrected chi connectivity index (χ0v) is 22.4. The number of imidazole rings is 1. The minimum absolute atomic E-state index is 0.0387. The molecule has 0 atom stereocenters. The number of carbonyl (C=O) groups excluding carboxylic acids is 1. The topological polar surface area (TPSA) is 108 Å². The van der Waals surface area contributed by atoms with Crippen LogP contribution in [0.2, 0.25) is 0 Å². The summed E-state index contributed by atoms with van der Waals surface area (Å²) in [4.78, 5) is 38.9. The molecule has 0 saturated carbocycles. The molecule has 0 radical (unpaired) electrons. The standard InChI is InChI=1S/C26H26FN7O3S/c1-14-10-15(2)20(16(3)11-14)28-19(35)13-38-25-30-29-24-33(12-17-6-8-18(27)9-7-17)21-22(34(24)25)31(4)26(37)32(5)23(21)36/h6-11H,12-13H2,1-5H3,(H,28,35). The van der Waals surface area contributed by atoms with E-state index >= 15 is 0 Å². The Morgan fingerprint density at radius 3 is 2.32 bits per heavy atom. The number of nitrogens with one attached hydrogen (secondary N) is 1. The van der Waals surface area contributed by atoms with E-state index in [1.807, 2.05) is 32.9 Å². The SMILES string of the molecule is Cc1cc(C)c(NC(=O)CSc2nnc3n(Cc4ccc(F)cc4)c4c(=O)n(C)c(=O)n(C)c4n23)c(C)c1. The van der Waals surface area contributed by atoms with E-state index in [4.69, 9.17) is 0 Å². The second kappa shape index (κ2) is 9.60. The fourth-order valence-electron chi connectivity index (χ4n) is 4.73. The Hall–Kier alpha value is -4.19. The molecule has 12 heteroatoms. The van der Waals surface area contributed by atoms with E-state index in [2.05, 4.69) is 15.5 Å². The number of fused-ring (bicyclic) bond motifs is 3. The van der Waals surface area contributed by atoms with Crippen LogP contribution < -0.4 is 16.6 Å². The molecular weight excluding hydrogens is 509 g/mol. The van der Waals surface area contributed by atoms with Crippen LogP contribution in [0.15, 0.2) is 51.1 Å². The number of thioether (sulfide) groups is 1. The van der Waals surface area contributed by atoms with Gasteiger partial charge in [0, 0.05) is 19.8 Å². The molecule has 10 nitrogen and oxygen atoms in total. The first-order valence-corrected chi connectivity index (χ1v) is 12.8. The monoisotopic (exact) mass is 535 g/mol. The van der Waals surface area contributed by atoms with Gasteiger partial charge in [-0.25, -0.2) is 13.6 Å². The zero-order valence-electron chi connectivity index (χ0n) is 21.6. The molecule has 196 valence electrons. The van der Waals surface area contributed by atoms with Crippen molar-refractivity contribution < 1.29 is 9.18 Å². The first-order valence-electron chi connectivity index (χ1n) is 11.8. The van der Waals surface area contributed by atoms with Crippen molar-refractivity contribution in [1.82, 2.24) is 28.3 Å². The number of hydrogen-bond donors (Lipinski definition) is 1. The Balaban J connectivity index is 1.56. The van der Waals surface area contributed by atoms with Gasteiger partial charge < -0.3 is 5.32 Å². The fourth-order valence-corrected chi connectivity index (χ4v) is 5.46. The predicted octanol–water partition coefficient (Wildman–Crippen LogP) is 2.92. The van der Waals surface area contributed by atoms with Crippen molar-refractivity contribution in [2.45, 2.75) is 32.5 Å². The molecule has 0 fully saturated rings.